The lowest BCUT2D eigenvalue weighted by Gasteiger charge is -2.30. The van der Waals surface area contributed by atoms with Gasteiger partial charge in [0, 0.05) is 41.2 Å². The largest absolute Gasteiger partial charge is 0.497 e. The van der Waals surface area contributed by atoms with Crippen molar-refractivity contribution in [2.24, 2.45) is 5.10 Å². The third kappa shape index (κ3) is 6.15. The van der Waals surface area contributed by atoms with Crippen LogP contribution in [0.3, 0.4) is 0 Å². The molecule has 0 fully saturated rings. The van der Waals surface area contributed by atoms with Crippen molar-refractivity contribution in [3.05, 3.63) is 82.4 Å². The number of amides is 3. The molecule has 0 bridgehead atoms. The van der Waals surface area contributed by atoms with Crippen LogP contribution in [0.1, 0.15) is 5.56 Å². The molecule has 1 aliphatic rings. The van der Waals surface area contributed by atoms with E-state index in [0.29, 0.717) is 34.1 Å². The first-order valence-electron chi connectivity index (χ1n) is 10.7. The number of hydrogen-bond donors (Lipinski definition) is 3. The van der Waals surface area contributed by atoms with Gasteiger partial charge in [-0.2, -0.15) is 5.10 Å². The quantitative estimate of drug-likeness (QED) is 0.192. The summed E-state index contributed by atoms with van der Waals surface area (Å²) in [4.78, 5) is 36.5. The minimum Gasteiger partial charge on any atom is -0.497 e. The first-order valence-corrected chi connectivity index (χ1v) is 11.1. The fraction of sp³-hybridized carbons (Fsp3) is 0.0833. The minimum atomic E-state index is -0.652. The SMILES string of the molecule is COc1cccc(NC(=S)N2C(=O)COc3cc(NC(=O)N/N=C/c4cccc([N+](=O)[O-])c4)ccc32)c1. The third-order valence-electron chi connectivity index (χ3n) is 5.04. The molecular formula is C24H20N6O6S. The third-order valence-corrected chi connectivity index (χ3v) is 5.33. The Morgan fingerprint density at radius 3 is 2.70 bits per heavy atom. The van der Waals surface area contributed by atoms with E-state index in [1.54, 1.807) is 55.6 Å². The molecule has 0 saturated heterocycles. The highest BCUT2D eigenvalue weighted by atomic mass is 32.1. The Hall–Kier alpha value is -5.04. The summed E-state index contributed by atoms with van der Waals surface area (Å²) in [7, 11) is 1.55. The molecular weight excluding hydrogens is 500 g/mol. The van der Waals surface area contributed by atoms with E-state index in [1.165, 1.54) is 29.3 Å². The van der Waals surface area contributed by atoms with Crippen molar-refractivity contribution in [1.29, 1.82) is 0 Å². The summed E-state index contributed by atoms with van der Waals surface area (Å²) in [5.41, 5.74) is 4.07. The van der Waals surface area contributed by atoms with Gasteiger partial charge in [-0.05, 0) is 36.5 Å². The molecule has 188 valence electrons. The number of hydrogen-bond acceptors (Lipinski definition) is 8. The number of fused-ring (bicyclic) bond motifs is 1. The second-order valence-electron chi connectivity index (χ2n) is 7.54. The molecule has 0 saturated carbocycles. The summed E-state index contributed by atoms with van der Waals surface area (Å²) in [6.07, 6.45) is 1.28. The number of thiocarbonyl (C=S) groups is 1. The van der Waals surface area contributed by atoms with E-state index < -0.39 is 11.0 Å². The second-order valence-corrected chi connectivity index (χ2v) is 7.93. The van der Waals surface area contributed by atoms with Crippen molar-refractivity contribution < 1.29 is 24.0 Å². The van der Waals surface area contributed by atoms with E-state index >= 15 is 0 Å². The van der Waals surface area contributed by atoms with Crippen LogP contribution in [0.25, 0.3) is 0 Å². The van der Waals surface area contributed by atoms with Gasteiger partial charge in [0.1, 0.15) is 11.5 Å². The van der Waals surface area contributed by atoms with Gasteiger partial charge in [0.25, 0.3) is 11.6 Å². The van der Waals surface area contributed by atoms with Crippen LogP contribution in [0.5, 0.6) is 11.5 Å². The zero-order valence-electron chi connectivity index (χ0n) is 19.3. The van der Waals surface area contributed by atoms with Gasteiger partial charge in [-0.3, -0.25) is 19.8 Å². The number of hydrazone groups is 1. The number of nitrogens with zero attached hydrogens (tertiary/aromatic N) is 3. The van der Waals surface area contributed by atoms with Crippen molar-refractivity contribution >= 4 is 58.2 Å². The van der Waals surface area contributed by atoms with Gasteiger partial charge >= 0.3 is 6.03 Å². The molecule has 0 spiro atoms. The predicted octanol–water partition coefficient (Wildman–Crippen LogP) is 3.88. The average molecular weight is 521 g/mol. The zero-order valence-corrected chi connectivity index (χ0v) is 20.2. The van der Waals surface area contributed by atoms with Crippen molar-refractivity contribution in [2.45, 2.75) is 0 Å². The Morgan fingerprint density at radius 1 is 1.14 bits per heavy atom. The van der Waals surface area contributed by atoms with Crippen LogP contribution in [-0.4, -0.2) is 41.9 Å². The Labute approximate surface area is 216 Å². The Morgan fingerprint density at radius 2 is 1.92 bits per heavy atom. The molecule has 0 aliphatic carbocycles. The van der Waals surface area contributed by atoms with Gasteiger partial charge in [-0.1, -0.05) is 18.2 Å². The molecule has 3 aromatic carbocycles. The average Bonchev–Trinajstić information content (AvgIpc) is 2.89. The first-order chi connectivity index (χ1) is 17.8. The molecule has 13 heteroatoms. The fourth-order valence-corrected chi connectivity index (χ4v) is 3.69. The highest BCUT2D eigenvalue weighted by molar-refractivity contribution is 7.80. The van der Waals surface area contributed by atoms with Gasteiger partial charge in [-0.15, -0.1) is 0 Å². The summed E-state index contributed by atoms with van der Waals surface area (Å²) in [5.74, 6) is 0.610. The number of carbonyl (C=O) groups excluding carboxylic acids is 2. The number of methoxy groups -OCH3 is 1. The molecule has 3 aromatic rings. The molecule has 0 atom stereocenters. The number of urea groups is 1. The van der Waals surface area contributed by atoms with Crippen LogP contribution >= 0.6 is 12.2 Å². The number of nitro groups is 1. The highest BCUT2D eigenvalue weighted by Crippen LogP contribution is 2.35. The van der Waals surface area contributed by atoms with Crippen LogP contribution in [0.4, 0.5) is 27.5 Å². The molecule has 0 aromatic heterocycles. The van der Waals surface area contributed by atoms with Crippen LogP contribution in [0, 0.1) is 10.1 Å². The van der Waals surface area contributed by atoms with E-state index in [-0.39, 0.29) is 23.3 Å². The van der Waals surface area contributed by atoms with Gasteiger partial charge < -0.3 is 20.1 Å². The normalized spacial score (nSPS) is 12.4. The summed E-state index contributed by atoms with van der Waals surface area (Å²) in [5, 5.41) is 20.4. The molecule has 4 rings (SSSR count). The Bertz CT molecular complexity index is 1410. The summed E-state index contributed by atoms with van der Waals surface area (Å²) >= 11 is 5.47. The van der Waals surface area contributed by atoms with Crippen LogP contribution in [-0.2, 0) is 4.79 Å². The molecule has 12 nitrogen and oxygen atoms in total. The molecule has 0 unspecified atom stereocenters. The predicted molar refractivity (Wildman–Crippen MR) is 141 cm³/mol. The maximum absolute atomic E-state index is 12.6. The standard InChI is InChI=1S/C24H20N6O6S/c1-35-19-7-3-5-16(11-19)27-24(37)29-20-9-8-17(12-21(20)36-14-22(29)31)26-23(32)28-25-13-15-4-2-6-18(10-15)30(33)34/h2-13H,14H2,1H3,(H,27,37)(H2,26,28,32)/b25-13+. The molecule has 3 N–H and O–H groups in total. The number of non-ortho nitro benzene ring substituents is 1. The first kappa shape index (κ1) is 25.1. The summed E-state index contributed by atoms with van der Waals surface area (Å²) < 4.78 is 10.7. The van der Waals surface area contributed by atoms with E-state index in [2.05, 4.69) is 21.2 Å². The number of anilines is 3. The van der Waals surface area contributed by atoms with E-state index in [9.17, 15) is 19.7 Å². The maximum Gasteiger partial charge on any atom is 0.339 e. The zero-order chi connectivity index (χ0) is 26.4. The minimum absolute atomic E-state index is 0.0897. The summed E-state index contributed by atoms with van der Waals surface area (Å²) in [6, 6.07) is 17.0. The monoisotopic (exact) mass is 520 g/mol. The van der Waals surface area contributed by atoms with Gasteiger partial charge in [0.15, 0.2) is 11.7 Å². The van der Waals surface area contributed by atoms with Gasteiger partial charge in [-0.25, -0.2) is 10.2 Å². The number of carbonyl (C=O) groups is 2. The molecule has 1 aliphatic heterocycles. The van der Waals surface area contributed by atoms with E-state index in [0.717, 1.165) is 0 Å². The number of nitro benzene ring substituents is 1. The van der Waals surface area contributed by atoms with Crippen LogP contribution < -0.4 is 30.4 Å². The summed E-state index contributed by atoms with van der Waals surface area (Å²) in [6.45, 7) is -0.240. The molecule has 0 radical (unpaired) electrons. The second kappa shape index (κ2) is 11.1. The topological polar surface area (TPSA) is 147 Å². The molecule has 1 heterocycles. The molecule has 3 amide bonds. The Kier molecular flexibility index (Phi) is 7.54. The maximum atomic E-state index is 12.6. The lowest BCUT2D eigenvalue weighted by atomic mass is 10.2. The lowest BCUT2D eigenvalue weighted by Crippen LogP contribution is -2.45. The van der Waals surface area contributed by atoms with Gasteiger partial charge in [0.2, 0.25) is 0 Å². The van der Waals surface area contributed by atoms with Gasteiger partial charge in [0.05, 0.1) is 23.9 Å². The Balaban J connectivity index is 1.41. The van der Waals surface area contributed by atoms with Crippen molar-refractivity contribution in [3.8, 4) is 11.5 Å². The van der Waals surface area contributed by atoms with Crippen LogP contribution in [0.15, 0.2) is 71.8 Å². The van der Waals surface area contributed by atoms with Crippen LogP contribution in [0.2, 0.25) is 0 Å². The number of rotatable bonds is 6. The van der Waals surface area contributed by atoms with Crippen molar-refractivity contribution in [2.75, 3.05) is 29.3 Å². The smallest absolute Gasteiger partial charge is 0.339 e. The lowest BCUT2D eigenvalue weighted by molar-refractivity contribution is -0.384. The number of nitrogens with one attached hydrogen (secondary N) is 3. The van der Waals surface area contributed by atoms with Crippen molar-refractivity contribution in [1.82, 2.24) is 5.43 Å². The number of benzene rings is 3. The molecule has 37 heavy (non-hydrogen) atoms. The van der Waals surface area contributed by atoms with E-state index in [1.807, 2.05) is 0 Å². The number of ether oxygens (including phenoxy) is 2. The fourth-order valence-electron chi connectivity index (χ4n) is 3.38. The van der Waals surface area contributed by atoms with E-state index in [4.69, 9.17) is 21.7 Å². The van der Waals surface area contributed by atoms with Crippen molar-refractivity contribution in [3.63, 3.8) is 0 Å². The highest BCUT2D eigenvalue weighted by Gasteiger charge is 2.29.